The number of nitrogens with zero attached hydrogens (tertiary/aromatic N) is 2. The van der Waals surface area contributed by atoms with Crippen molar-refractivity contribution in [2.75, 3.05) is 0 Å². The SMILES string of the molecule is Fc1ccc(C2(N=CCl)CC2)cn1. The molecule has 1 aromatic heterocycles. The van der Waals surface area contributed by atoms with Crippen molar-refractivity contribution in [3.8, 4) is 0 Å². The number of aliphatic imine (C=N–C) groups is 1. The minimum absolute atomic E-state index is 0.206. The Morgan fingerprint density at radius 2 is 2.31 bits per heavy atom. The van der Waals surface area contributed by atoms with Gasteiger partial charge in [0, 0.05) is 6.20 Å². The Morgan fingerprint density at radius 1 is 1.54 bits per heavy atom. The minimum atomic E-state index is -0.464. The zero-order chi connectivity index (χ0) is 9.31. The van der Waals surface area contributed by atoms with Gasteiger partial charge in [0.25, 0.3) is 0 Å². The molecule has 1 fully saturated rings. The van der Waals surface area contributed by atoms with Crippen molar-refractivity contribution in [2.45, 2.75) is 18.4 Å². The van der Waals surface area contributed by atoms with Gasteiger partial charge in [-0.05, 0) is 24.5 Å². The van der Waals surface area contributed by atoms with Gasteiger partial charge in [0.1, 0.15) is 0 Å². The fourth-order valence-electron chi connectivity index (χ4n) is 1.36. The lowest BCUT2D eigenvalue weighted by atomic mass is 10.1. The maximum atomic E-state index is 12.5. The van der Waals surface area contributed by atoms with E-state index in [-0.39, 0.29) is 5.54 Å². The van der Waals surface area contributed by atoms with E-state index in [4.69, 9.17) is 11.6 Å². The normalized spacial score (nSPS) is 19.2. The zero-order valence-corrected chi connectivity index (χ0v) is 7.63. The molecule has 2 rings (SSSR count). The molecule has 1 aliphatic rings. The number of hydrogen-bond acceptors (Lipinski definition) is 2. The highest BCUT2D eigenvalue weighted by Gasteiger charge is 2.44. The molecule has 2 nitrogen and oxygen atoms in total. The molecule has 1 aliphatic carbocycles. The summed E-state index contributed by atoms with van der Waals surface area (Å²) in [6.07, 6.45) is 3.44. The first-order chi connectivity index (χ1) is 6.27. The number of halogens is 2. The fraction of sp³-hybridized carbons (Fsp3) is 0.333. The predicted molar refractivity (Wildman–Crippen MR) is 49.5 cm³/mol. The summed E-state index contributed by atoms with van der Waals surface area (Å²) in [7, 11) is 0. The van der Waals surface area contributed by atoms with Crippen molar-refractivity contribution in [1.82, 2.24) is 4.98 Å². The van der Waals surface area contributed by atoms with Crippen LogP contribution in [0.4, 0.5) is 4.39 Å². The lowest BCUT2D eigenvalue weighted by molar-refractivity contribution is 0.579. The summed E-state index contributed by atoms with van der Waals surface area (Å²) in [5, 5.41) is 0. The molecule has 1 aromatic rings. The highest BCUT2D eigenvalue weighted by atomic mass is 35.5. The van der Waals surface area contributed by atoms with Crippen LogP contribution in [-0.2, 0) is 5.54 Å². The number of rotatable bonds is 2. The van der Waals surface area contributed by atoms with Crippen LogP contribution in [-0.4, -0.2) is 10.7 Å². The lowest BCUT2D eigenvalue weighted by Crippen LogP contribution is -2.03. The third-order valence-electron chi connectivity index (χ3n) is 2.28. The average Bonchev–Trinajstić information content (AvgIpc) is 2.87. The largest absolute Gasteiger partial charge is 0.270 e. The summed E-state index contributed by atoms with van der Waals surface area (Å²) >= 11 is 5.42. The highest BCUT2D eigenvalue weighted by molar-refractivity contribution is 6.56. The van der Waals surface area contributed by atoms with Gasteiger partial charge in [0.05, 0.1) is 11.2 Å². The molecule has 1 saturated carbocycles. The van der Waals surface area contributed by atoms with Crippen LogP contribution < -0.4 is 0 Å². The Morgan fingerprint density at radius 3 is 2.77 bits per heavy atom. The Kier molecular flexibility index (Phi) is 2.04. The number of aromatic nitrogens is 1. The summed E-state index contributed by atoms with van der Waals surface area (Å²) in [5.74, 6) is -0.464. The standard InChI is InChI=1S/C9H8ClFN2/c10-6-13-9(3-4-9)7-1-2-8(11)12-5-7/h1-2,5-6H,3-4H2. The minimum Gasteiger partial charge on any atom is -0.270 e. The van der Waals surface area contributed by atoms with Crippen molar-refractivity contribution in [3.05, 3.63) is 29.8 Å². The molecule has 0 radical (unpaired) electrons. The number of hydrogen-bond donors (Lipinski definition) is 0. The van der Waals surface area contributed by atoms with Gasteiger partial charge in [-0.3, -0.25) is 4.99 Å². The molecule has 0 spiro atoms. The van der Waals surface area contributed by atoms with E-state index in [1.807, 2.05) is 0 Å². The predicted octanol–water partition coefficient (Wildman–Crippen LogP) is 2.48. The molecule has 1 heterocycles. The third-order valence-corrected chi connectivity index (χ3v) is 2.38. The molecule has 0 bridgehead atoms. The van der Waals surface area contributed by atoms with E-state index in [2.05, 4.69) is 9.98 Å². The summed E-state index contributed by atoms with van der Waals surface area (Å²) < 4.78 is 12.5. The second-order valence-electron chi connectivity index (χ2n) is 3.13. The molecular weight excluding hydrogens is 191 g/mol. The Hall–Kier alpha value is -0.960. The molecule has 0 N–H and O–H groups in total. The van der Waals surface area contributed by atoms with Crippen LogP contribution in [0.1, 0.15) is 18.4 Å². The molecular formula is C9H8ClFN2. The van der Waals surface area contributed by atoms with E-state index in [1.54, 1.807) is 6.07 Å². The molecule has 0 saturated heterocycles. The van der Waals surface area contributed by atoms with Crippen LogP contribution in [0.5, 0.6) is 0 Å². The van der Waals surface area contributed by atoms with Crippen LogP contribution in [0.2, 0.25) is 0 Å². The molecule has 68 valence electrons. The van der Waals surface area contributed by atoms with Crippen LogP contribution in [0.3, 0.4) is 0 Å². The van der Waals surface area contributed by atoms with Gasteiger partial charge < -0.3 is 0 Å². The second kappa shape index (κ2) is 3.07. The smallest absolute Gasteiger partial charge is 0.212 e. The van der Waals surface area contributed by atoms with E-state index in [9.17, 15) is 4.39 Å². The number of pyridine rings is 1. The summed E-state index contributed by atoms with van der Waals surface area (Å²) in [6.45, 7) is 0. The first kappa shape index (κ1) is 8.63. The van der Waals surface area contributed by atoms with Crippen LogP contribution >= 0.6 is 11.6 Å². The van der Waals surface area contributed by atoms with Crippen LogP contribution in [0.25, 0.3) is 0 Å². The van der Waals surface area contributed by atoms with Crippen LogP contribution in [0.15, 0.2) is 23.3 Å². The molecule has 0 unspecified atom stereocenters. The monoisotopic (exact) mass is 198 g/mol. The van der Waals surface area contributed by atoms with Gasteiger partial charge in [-0.1, -0.05) is 17.7 Å². The first-order valence-electron chi connectivity index (χ1n) is 4.03. The van der Waals surface area contributed by atoms with Crippen molar-refractivity contribution < 1.29 is 4.39 Å². The van der Waals surface area contributed by atoms with Crippen molar-refractivity contribution in [3.63, 3.8) is 0 Å². The van der Waals surface area contributed by atoms with E-state index >= 15 is 0 Å². The van der Waals surface area contributed by atoms with Crippen molar-refractivity contribution in [1.29, 1.82) is 0 Å². The van der Waals surface area contributed by atoms with Crippen molar-refractivity contribution in [2.24, 2.45) is 4.99 Å². The third kappa shape index (κ3) is 1.56. The van der Waals surface area contributed by atoms with Gasteiger partial charge in [0.15, 0.2) is 0 Å². The Bertz CT molecular complexity index is 330. The maximum absolute atomic E-state index is 12.5. The molecule has 13 heavy (non-hydrogen) atoms. The van der Waals surface area contributed by atoms with Crippen LogP contribution in [0, 0.1) is 5.95 Å². The molecule has 0 aliphatic heterocycles. The van der Waals surface area contributed by atoms with E-state index < -0.39 is 5.95 Å². The molecule has 0 amide bonds. The van der Waals surface area contributed by atoms with E-state index in [0.29, 0.717) is 0 Å². The average molecular weight is 199 g/mol. The Balaban J connectivity index is 2.30. The van der Waals surface area contributed by atoms with Gasteiger partial charge in [-0.2, -0.15) is 4.39 Å². The topological polar surface area (TPSA) is 25.2 Å². The lowest BCUT2D eigenvalue weighted by Gasteiger charge is -2.07. The van der Waals surface area contributed by atoms with Gasteiger partial charge in [0.2, 0.25) is 5.95 Å². The van der Waals surface area contributed by atoms with Gasteiger partial charge in [-0.25, -0.2) is 4.98 Å². The second-order valence-corrected chi connectivity index (χ2v) is 3.32. The molecule has 0 atom stereocenters. The Labute approximate surface area is 80.5 Å². The van der Waals surface area contributed by atoms with Gasteiger partial charge >= 0.3 is 0 Å². The highest BCUT2D eigenvalue weighted by Crippen LogP contribution is 2.49. The molecule has 4 heteroatoms. The summed E-state index contributed by atoms with van der Waals surface area (Å²) in [5.41, 5.74) is 2.00. The quantitative estimate of drug-likeness (QED) is 0.530. The van der Waals surface area contributed by atoms with Crippen molar-refractivity contribution >= 4 is 17.3 Å². The first-order valence-corrected chi connectivity index (χ1v) is 4.46. The molecule has 0 aromatic carbocycles. The van der Waals surface area contributed by atoms with Gasteiger partial charge in [-0.15, -0.1) is 0 Å². The summed E-state index contributed by atoms with van der Waals surface area (Å²) in [6, 6.07) is 3.05. The summed E-state index contributed by atoms with van der Waals surface area (Å²) in [4.78, 5) is 7.73. The zero-order valence-electron chi connectivity index (χ0n) is 6.87. The maximum Gasteiger partial charge on any atom is 0.212 e. The fourth-order valence-corrected chi connectivity index (χ4v) is 1.54. The van der Waals surface area contributed by atoms with E-state index in [1.165, 1.54) is 17.9 Å². The van der Waals surface area contributed by atoms with E-state index in [0.717, 1.165) is 18.4 Å².